The molecule has 0 atom stereocenters. The molecule has 1 aromatic carbocycles. The fourth-order valence-electron chi connectivity index (χ4n) is 2.74. The van der Waals surface area contributed by atoms with Crippen molar-refractivity contribution in [1.82, 2.24) is 20.9 Å². The van der Waals surface area contributed by atoms with Crippen LogP contribution in [0.2, 0.25) is 0 Å². The molecule has 0 aromatic heterocycles. The van der Waals surface area contributed by atoms with Crippen molar-refractivity contribution in [2.75, 3.05) is 46.4 Å². The third kappa shape index (κ3) is 7.59. The van der Waals surface area contributed by atoms with E-state index in [4.69, 9.17) is 4.74 Å². The quantitative estimate of drug-likeness (QED) is 0.553. The van der Waals surface area contributed by atoms with Gasteiger partial charge in [-0.05, 0) is 17.5 Å². The number of nitrogens with zero attached hydrogens (tertiary/aromatic N) is 1. The van der Waals surface area contributed by atoms with Gasteiger partial charge in [0.15, 0.2) is 0 Å². The Morgan fingerprint density at radius 1 is 1.08 bits per heavy atom. The zero-order chi connectivity index (χ0) is 17.9. The fraction of sp³-hybridized carbons (Fsp3) is 0.556. The first-order chi connectivity index (χ1) is 12.2. The maximum absolute atomic E-state index is 12.2. The van der Waals surface area contributed by atoms with E-state index in [1.165, 1.54) is 11.1 Å². The molecule has 146 valence electrons. The SMILES string of the molecule is COCCNCCNC(=O)CCNC(=O)N1CCc2ccccc2C1.Cl. The van der Waals surface area contributed by atoms with E-state index in [1.807, 2.05) is 12.1 Å². The van der Waals surface area contributed by atoms with Crippen LogP contribution in [0.1, 0.15) is 17.5 Å². The van der Waals surface area contributed by atoms with Crippen molar-refractivity contribution in [3.05, 3.63) is 35.4 Å². The number of methoxy groups -OCH3 is 1. The molecule has 2 rings (SSSR count). The highest BCUT2D eigenvalue weighted by atomic mass is 35.5. The van der Waals surface area contributed by atoms with Gasteiger partial charge in [-0.25, -0.2) is 4.79 Å². The molecule has 7 nitrogen and oxygen atoms in total. The molecule has 1 aromatic rings. The molecule has 3 N–H and O–H groups in total. The maximum atomic E-state index is 12.2. The summed E-state index contributed by atoms with van der Waals surface area (Å²) in [6.07, 6.45) is 1.16. The number of rotatable bonds is 9. The minimum Gasteiger partial charge on any atom is -0.383 e. The Labute approximate surface area is 161 Å². The van der Waals surface area contributed by atoms with Crippen LogP contribution in [-0.4, -0.2) is 63.3 Å². The van der Waals surface area contributed by atoms with Crippen LogP contribution in [0.5, 0.6) is 0 Å². The first kappa shape index (κ1) is 22.2. The van der Waals surface area contributed by atoms with Crippen LogP contribution in [-0.2, 0) is 22.5 Å². The van der Waals surface area contributed by atoms with E-state index in [0.717, 1.165) is 13.0 Å². The minimum absolute atomic E-state index is 0. The average Bonchev–Trinajstić information content (AvgIpc) is 2.64. The Morgan fingerprint density at radius 3 is 2.62 bits per heavy atom. The number of fused-ring (bicyclic) bond motifs is 1. The molecule has 0 aliphatic carbocycles. The second kappa shape index (κ2) is 12.5. The largest absolute Gasteiger partial charge is 0.383 e. The Morgan fingerprint density at radius 2 is 1.85 bits per heavy atom. The second-order valence-corrected chi connectivity index (χ2v) is 6.01. The third-order valence-corrected chi connectivity index (χ3v) is 4.15. The lowest BCUT2D eigenvalue weighted by atomic mass is 10.0. The van der Waals surface area contributed by atoms with Gasteiger partial charge in [0.2, 0.25) is 5.91 Å². The highest BCUT2D eigenvalue weighted by Gasteiger charge is 2.19. The van der Waals surface area contributed by atoms with Crippen molar-refractivity contribution in [3.8, 4) is 0 Å². The average molecular weight is 385 g/mol. The van der Waals surface area contributed by atoms with Crippen molar-refractivity contribution in [2.24, 2.45) is 0 Å². The molecular weight excluding hydrogens is 356 g/mol. The Balaban J connectivity index is 0.00000338. The number of hydrogen-bond acceptors (Lipinski definition) is 4. The molecule has 0 saturated carbocycles. The number of benzene rings is 1. The molecule has 0 saturated heterocycles. The third-order valence-electron chi connectivity index (χ3n) is 4.15. The summed E-state index contributed by atoms with van der Waals surface area (Å²) in [5.41, 5.74) is 2.51. The molecule has 1 aliphatic heterocycles. The number of carbonyl (C=O) groups is 2. The lowest BCUT2D eigenvalue weighted by Gasteiger charge is -2.28. The van der Waals surface area contributed by atoms with Crippen LogP contribution >= 0.6 is 12.4 Å². The van der Waals surface area contributed by atoms with Crippen LogP contribution in [0, 0.1) is 0 Å². The smallest absolute Gasteiger partial charge is 0.317 e. The summed E-state index contributed by atoms with van der Waals surface area (Å²) in [7, 11) is 1.65. The zero-order valence-corrected chi connectivity index (χ0v) is 16.1. The van der Waals surface area contributed by atoms with Crippen LogP contribution in [0.15, 0.2) is 24.3 Å². The molecule has 0 bridgehead atoms. The van der Waals surface area contributed by atoms with Crippen molar-refractivity contribution >= 4 is 24.3 Å². The van der Waals surface area contributed by atoms with E-state index >= 15 is 0 Å². The molecule has 0 fully saturated rings. The van der Waals surface area contributed by atoms with E-state index in [9.17, 15) is 9.59 Å². The summed E-state index contributed by atoms with van der Waals surface area (Å²) in [6.45, 7) is 4.37. The minimum atomic E-state index is -0.108. The molecule has 3 amide bonds. The van der Waals surface area contributed by atoms with Gasteiger partial charge in [-0.15, -0.1) is 12.4 Å². The van der Waals surface area contributed by atoms with Gasteiger partial charge in [0, 0.05) is 52.8 Å². The highest BCUT2D eigenvalue weighted by Crippen LogP contribution is 2.18. The highest BCUT2D eigenvalue weighted by molar-refractivity contribution is 5.85. The second-order valence-electron chi connectivity index (χ2n) is 6.01. The number of amides is 3. The van der Waals surface area contributed by atoms with E-state index < -0.39 is 0 Å². The normalized spacial score (nSPS) is 12.7. The first-order valence-electron chi connectivity index (χ1n) is 8.76. The number of carbonyl (C=O) groups excluding carboxylic acids is 2. The first-order valence-corrected chi connectivity index (χ1v) is 8.76. The number of urea groups is 1. The van der Waals surface area contributed by atoms with Gasteiger partial charge >= 0.3 is 6.03 Å². The summed E-state index contributed by atoms with van der Waals surface area (Å²) in [5.74, 6) is -0.0576. The fourth-order valence-corrected chi connectivity index (χ4v) is 2.74. The molecule has 8 heteroatoms. The molecule has 1 heterocycles. The molecule has 26 heavy (non-hydrogen) atoms. The van der Waals surface area contributed by atoms with E-state index in [1.54, 1.807) is 12.0 Å². The van der Waals surface area contributed by atoms with Crippen molar-refractivity contribution in [3.63, 3.8) is 0 Å². The number of halogens is 1. The standard InChI is InChI=1S/C18H28N4O3.ClH/c1-25-13-11-19-9-10-20-17(23)6-8-21-18(24)22-12-7-15-4-2-3-5-16(15)14-22;/h2-5,19H,6-14H2,1H3,(H,20,23)(H,21,24);1H. The lowest BCUT2D eigenvalue weighted by Crippen LogP contribution is -2.44. The number of hydrogen-bond donors (Lipinski definition) is 3. The Hall–Kier alpha value is -1.83. The topological polar surface area (TPSA) is 82.7 Å². The maximum Gasteiger partial charge on any atom is 0.317 e. The van der Waals surface area contributed by atoms with Crippen LogP contribution in [0.25, 0.3) is 0 Å². The van der Waals surface area contributed by atoms with E-state index in [-0.39, 0.29) is 30.8 Å². The van der Waals surface area contributed by atoms with Gasteiger partial charge in [-0.3, -0.25) is 4.79 Å². The summed E-state index contributed by atoms with van der Waals surface area (Å²) in [5, 5.41) is 8.80. The van der Waals surface area contributed by atoms with Crippen molar-refractivity contribution in [2.45, 2.75) is 19.4 Å². The van der Waals surface area contributed by atoms with Gasteiger partial charge in [0.25, 0.3) is 0 Å². The van der Waals surface area contributed by atoms with Crippen LogP contribution in [0.3, 0.4) is 0 Å². The van der Waals surface area contributed by atoms with Crippen molar-refractivity contribution in [1.29, 1.82) is 0 Å². The van der Waals surface area contributed by atoms with E-state index in [2.05, 4.69) is 28.1 Å². The Kier molecular flexibility index (Phi) is 10.7. The summed E-state index contributed by atoms with van der Waals surface area (Å²) in [4.78, 5) is 25.7. The molecule has 0 spiro atoms. The molecule has 0 unspecified atom stereocenters. The summed E-state index contributed by atoms with van der Waals surface area (Å²) >= 11 is 0. The molecule has 0 radical (unpaired) electrons. The van der Waals surface area contributed by atoms with Gasteiger partial charge in [-0.1, -0.05) is 24.3 Å². The molecule has 1 aliphatic rings. The van der Waals surface area contributed by atoms with Gasteiger partial charge in [0.1, 0.15) is 0 Å². The van der Waals surface area contributed by atoms with Crippen molar-refractivity contribution < 1.29 is 14.3 Å². The van der Waals surface area contributed by atoms with Gasteiger partial charge in [-0.2, -0.15) is 0 Å². The summed E-state index contributed by atoms with van der Waals surface area (Å²) < 4.78 is 4.92. The predicted molar refractivity (Wildman–Crippen MR) is 104 cm³/mol. The zero-order valence-electron chi connectivity index (χ0n) is 15.3. The number of ether oxygens (including phenoxy) is 1. The number of nitrogens with one attached hydrogen (secondary N) is 3. The Bertz CT molecular complexity index is 571. The molecular formula is C18H29ClN4O3. The van der Waals surface area contributed by atoms with Gasteiger partial charge in [0.05, 0.1) is 6.61 Å². The monoisotopic (exact) mass is 384 g/mol. The van der Waals surface area contributed by atoms with Crippen LogP contribution in [0.4, 0.5) is 4.79 Å². The lowest BCUT2D eigenvalue weighted by molar-refractivity contribution is -0.120. The van der Waals surface area contributed by atoms with E-state index in [0.29, 0.717) is 39.3 Å². The van der Waals surface area contributed by atoms with Crippen LogP contribution < -0.4 is 16.0 Å². The van der Waals surface area contributed by atoms with Gasteiger partial charge < -0.3 is 25.6 Å². The predicted octanol–water partition coefficient (Wildman–Crippen LogP) is 0.918. The summed E-state index contributed by atoms with van der Waals surface area (Å²) in [6, 6.07) is 8.08.